The van der Waals surface area contributed by atoms with E-state index in [1.807, 2.05) is 4.90 Å². The van der Waals surface area contributed by atoms with Crippen molar-refractivity contribution >= 4 is 5.97 Å². The van der Waals surface area contributed by atoms with E-state index in [0.29, 0.717) is 13.1 Å². The average Bonchev–Trinajstić information content (AvgIpc) is 2.10. The van der Waals surface area contributed by atoms with Crippen molar-refractivity contribution in [1.82, 2.24) is 4.90 Å². The molecule has 4 heteroatoms. The summed E-state index contributed by atoms with van der Waals surface area (Å²) in [4.78, 5) is 12.2. The summed E-state index contributed by atoms with van der Waals surface area (Å²) in [6.07, 6.45) is -0.692. The van der Waals surface area contributed by atoms with E-state index >= 15 is 0 Å². The second-order valence-corrected chi connectivity index (χ2v) is 2.73. The largest absolute Gasteiger partial charge is 0.481 e. The van der Waals surface area contributed by atoms with Gasteiger partial charge in [0, 0.05) is 13.1 Å². The number of likely N-dealkylation sites (N-methyl/N-ethyl adjacent to an activating group) is 1. The van der Waals surface area contributed by atoms with Gasteiger partial charge in [-0.05, 0) is 7.05 Å². The highest BCUT2D eigenvalue weighted by atomic mass is 16.4. The van der Waals surface area contributed by atoms with Crippen LogP contribution >= 0.6 is 0 Å². The molecule has 0 aliphatic carbocycles. The van der Waals surface area contributed by atoms with Gasteiger partial charge in [-0.25, -0.2) is 0 Å². The quantitative estimate of drug-likeness (QED) is 0.496. The SMILES string of the molecule is CN1C[C@@H](O)[C@@H](C(=O)O)C1. The molecule has 0 radical (unpaired) electrons. The number of likely N-dealkylation sites (tertiary alicyclic amines) is 1. The molecule has 1 fully saturated rings. The molecule has 1 rings (SSSR count). The average molecular weight is 145 g/mol. The van der Waals surface area contributed by atoms with Gasteiger partial charge in [-0.15, -0.1) is 0 Å². The van der Waals surface area contributed by atoms with Crippen molar-refractivity contribution in [1.29, 1.82) is 0 Å². The first kappa shape index (κ1) is 7.50. The van der Waals surface area contributed by atoms with Gasteiger partial charge in [-0.3, -0.25) is 4.79 Å². The lowest BCUT2D eigenvalue weighted by atomic mass is 10.1. The number of nitrogens with zero attached hydrogens (tertiary/aromatic N) is 1. The molecule has 1 heterocycles. The molecule has 0 spiro atoms. The highest BCUT2D eigenvalue weighted by Crippen LogP contribution is 2.14. The molecule has 1 saturated heterocycles. The molecule has 1 aliphatic rings. The van der Waals surface area contributed by atoms with Crippen molar-refractivity contribution in [3.8, 4) is 0 Å². The Kier molecular flexibility index (Phi) is 1.92. The van der Waals surface area contributed by atoms with E-state index < -0.39 is 18.0 Å². The third-order valence-electron chi connectivity index (χ3n) is 1.79. The Hall–Kier alpha value is -0.610. The number of rotatable bonds is 1. The minimum atomic E-state index is -0.906. The van der Waals surface area contributed by atoms with Crippen LogP contribution in [0.2, 0.25) is 0 Å². The van der Waals surface area contributed by atoms with Crippen LogP contribution in [-0.4, -0.2) is 47.3 Å². The van der Waals surface area contributed by atoms with Crippen LogP contribution in [0.5, 0.6) is 0 Å². The van der Waals surface area contributed by atoms with E-state index in [4.69, 9.17) is 10.2 Å². The van der Waals surface area contributed by atoms with Crippen LogP contribution in [0.1, 0.15) is 0 Å². The molecule has 0 amide bonds. The van der Waals surface area contributed by atoms with E-state index in [-0.39, 0.29) is 0 Å². The van der Waals surface area contributed by atoms with E-state index in [0.717, 1.165) is 0 Å². The van der Waals surface area contributed by atoms with Gasteiger partial charge in [0.25, 0.3) is 0 Å². The van der Waals surface area contributed by atoms with Crippen LogP contribution in [0.3, 0.4) is 0 Å². The normalized spacial score (nSPS) is 34.6. The summed E-state index contributed by atoms with van der Waals surface area (Å²) in [6, 6.07) is 0. The number of carboxylic acid groups (broad SMARTS) is 1. The van der Waals surface area contributed by atoms with Gasteiger partial charge in [0.15, 0.2) is 0 Å². The fourth-order valence-electron chi connectivity index (χ4n) is 1.22. The predicted molar refractivity (Wildman–Crippen MR) is 34.6 cm³/mol. The maximum atomic E-state index is 10.4. The molecule has 0 bridgehead atoms. The maximum absolute atomic E-state index is 10.4. The third kappa shape index (κ3) is 1.27. The van der Waals surface area contributed by atoms with Crippen LogP contribution in [-0.2, 0) is 4.79 Å². The molecule has 0 aromatic carbocycles. The minimum Gasteiger partial charge on any atom is -0.481 e. The number of hydrogen-bond acceptors (Lipinski definition) is 3. The molecule has 0 aromatic rings. The zero-order valence-electron chi connectivity index (χ0n) is 5.82. The third-order valence-corrected chi connectivity index (χ3v) is 1.79. The molecule has 2 atom stereocenters. The minimum absolute atomic E-state index is 0.455. The summed E-state index contributed by atoms with van der Waals surface area (Å²) in [5, 5.41) is 17.6. The van der Waals surface area contributed by atoms with Crippen molar-refractivity contribution < 1.29 is 15.0 Å². The zero-order valence-corrected chi connectivity index (χ0v) is 5.82. The standard InChI is InChI=1S/C6H11NO3/c1-7-2-4(6(9)10)5(8)3-7/h4-5,8H,2-3H2,1H3,(H,9,10)/t4-,5+/m0/s1. The molecule has 0 aromatic heterocycles. The maximum Gasteiger partial charge on any atom is 0.310 e. The number of β-amino-alcohol motifs (C(OH)–C–C–N with tert-alkyl or cyclic N) is 1. The Bertz CT molecular complexity index is 148. The summed E-state index contributed by atoms with van der Waals surface area (Å²) in [6.45, 7) is 0.924. The van der Waals surface area contributed by atoms with E-state index in [1.165, 1.54) is 0 Å². The number of carboxylic acids is 1. The molecule has 2 N–H and O–H groups in total. The molecule has 0 saturated carbocycles. The van der Waals surface area contributed by atoms with Gasteiger partial charge in [0.1, 0.15) is 0 Å². The fourth-order valence-corrected chi connectivity index (χ4v) is 1.22. The van der Waals surface area contributed by atoms with Crippen molar-refractivity contribution in [3.63, 3.8) is 0 Å². The highest BCUT2D eigenvalue weighted by molar-refractivity contribution is 5.71. The molecule has 1 aliphatic heterocycles. The van der Waals surface area contributed by atoms with Crippen molar-refractivity contribution in [2.24, 2.45) is 5.92 Å². The van der Waals surface area contributed by atoms with Crippen LogP contribution < -0.4 is 0 Å². The van der Waals surface area contributed by atoms with E-state index in [2.05, 4.69) is 0 Å². The van der Waals surface area contributed by atoms with Gasteiger partial charge in [-0.1, -0.05) is 0 Å². The van der Waals surface area contributed by atoms with Crippen LogP contribution in [0.25, 0.3) is 0 Å². The molecule has 58 valence electrons. The Labute approximate surface area is 59.1 Å². The molecule has 10 heavy (non-hydrogen) atoms. The molecule has 4 nitrogen and oxygen atoms in total. The monoisotopic (exact) mass is 145 g/mol. The fraction of sp³-hybridized carbons (Fsp3) is 0.833. The Balaban J connectivity index is 2.54. The molecular formula is C6H11NO3. The predicted octanol–water partition coefficient (Wildman–Crippen LogP) is -1.01. The molecular weight excluding hydrogens is 134 g/mol. The second-order valence-electron chi connectivity index (χ2n) is 2.73. The van der Waals surface area contributed by atoms with Gasteiger partial charge in [-0.2, -0.15) is 0 Å². The first-order chi connectivity index (χ1) is 4.61. The number of aliphatic hydroxyl groups excluding tert-OH is 1. The van der Waals surface area contributed by atoms with Gasteiger partial charge in [0.05, 0.1) is 12.0 Å². The van der Waals surface area contributed by atoms with E-state index in [9.17, 15) is 4.79 Å². The Morgan fingerprint density at radius 2 is 2.20 bits per heavy atom. The lowest BCUT2D eigenvalue weighted by Gasteiger charge is -2.05. The van der Waals surface area contributed by atoms with Crippen LogP contribution in [0.4, 0.5) is 0 Å². The van der Waals surface area contributed by atoms with Gasteiger partial charge >= 0.3 is 5.97 Å². The van der Waals surface area contributed by atoms with Crippen molar-refractivity contribution in [2.75, 3.05) is 20.1 Å². The molecule has 0 unspecified atom stereocenters. The second kappa shape index (κ2) is 2.56. The van der Waals surface area contributed by atoms with Gasteiger partial charge in [0.2, 0.25) is 0 Å². The summed E-state index contributed by atoms with van der Waals surface area (Å²) in [7, 11) is 1.80. The number of carbonyl (C=O) groups is 1. The summed E-state index contributed by atoms with van der Waals surface area (Å²) in [5.41, 5.74) is 0. The first-order valence-electron chi connectivity index (χ1n) is 3.20. The van der Waals surface area contributed by atoms with Gasteiger partial charge < -0.3 is 15.1 Å². The smallest absolute Gasteiger partial charge is 0.310 e. The lowest BCUT2D eigenvalue weighted by Crippen LogP contribution is -2.25. The number of aliphatic hydroxyl groups is 1. The number of hydrogen-bond donors (Lipinski definition) is 2. The Morgan fingerprint density at radius 1 is 1.60 bits per heavy atom. The van der Waals surface area contributed by atoms with Crippen molar-refractivity contribution in [3.05, 3.63) is 0 Å². The first-order valence-corrected chi connectivity index (χ1v) is 3.20. The zero-order chi connectivity index (χ0) is 7.72. The summed E-state index contributed by atoms with van der Waals surface area (Å²) in [5.74, 6) is -1.50. The van der Waals surface area contributed by atoms with Crippen LogP contribution in [0, 0.1) is 5.92 Å². The topological polar surface area (TPSA) is 60.8 Å². The van der Waals surface area contributed by atoms with Crippen LogP contribution in [0.15, 0.2) is 0 Å². The number of aliphatic carboxylic acids is 1. The summed E-state index contributed by atoms with van der Waals surface area (Å²) >= 11 is 0. The summed E-state index contributed by atoms with van der Waals surface area (Å²) < 4.78 is 0. The Morgan fingerprint density at radius 3 is 2.40 bits per heavy atom. The highest BCUT2D eigenvalue weighted by Gasteiger charge is 2.34. The lowest BCUT2D eigenvalue weighted by molar-refractivity contribution is -0.143. The van der Waals surface area contributed by atoms with E-state index in [1.54, 1.807) is 7.05 Å². The van der Waals surface area contributed by atoms with Crippen molar-refractivity contribution in [2.45, 2.75) is 6.10 Å².